The SMILES string of the molecule is CC1CN(CC2CCN(C(=O)C3CNCCO3)CC2)CC(C)O1. The molecule has 6 nitrogen and oxygen atoms in total. The molecule has 0 aromatic heterocycles. The lowest BCUT2D eigenvalue weighted by atomic mass is 9.95. The molecule has 0 bridgehead atoms. The number of rotatable bonds is 3. The second-order valence-electron chi connectivity index (χ2n) is 7.31. The number of ether oxygens (including phenoxy) is 2. The highest BCUT2D eigenvalue weighted by Crippen LogP contribution is 2.21. The Hall–Kier alpha value is -0.690. The highest BCUT2D eigenvalue weighted by atomic mass is 16.5. The number of likely N-dealkylation sites (tertiary alicyclic amines) is 1. The van der Waals surface area contributed by atoms with E-state index in [4.69, 9.17) is 9.47 Å². The molecular formula is C17H31N3O3. The predicted molar refractivity (Wildman–Crippen MR) is 88.4 cm³/mol. The molecule has 3 unspecified atom stereocenters. The number of morpholine rings is 2. The largest absolute Gasteiger partial charge is 0.373 e. The van der Waals surface area contributed by atoms with Gasteiger partial charge in [0.15, 0.2) is 0 Å². The molecule has 132 valence electrons. The highest BCUT2D eigenvalue weighted by Gasteiger charge is 2.31. The van der Waals surface area contributed by atoms with Crippen LogP contribution in [-0.4, -0.2) is 86.4 Å². The third-order valence-electron chi connectivity index (χ3n) is 5.14. The average molecular weight is 325 g/mol. The summed E-state index contributed by atoms with van der Waals surface area (Å²) in [5.74, 6) is 0.867. The van der Waals surface area contributed by atoms with E-state index in [0.717, 1.165) is 52.1 Å². The van der Waals surface area contributed by atoms with Crippen molar-refractivity contribution in [3.63, 3.8) is 0 Å². The Bertz CT molecular complexity index is 383. The van der Waals surface area contributed by atoms with Gasteiger partial charge in [0, 0.05) is 45.8 Å². The van der Waals surface area contributed by atoms with Crippen molar-refractivity contribution < 1.29 is 14.3 Å². The van der Waals surface area contributed by atoms with E-state index in [-0.39, 0.29) is 12.0 Å². The Morgan fingerprint density at radius 3 is 2.48 bits per heavy atom. The second kappa shape index (κ2) is 7.92. The monoisotopic (exact) mass is 325 g/mol. The van der Waals surface area contributed by atoms with Crippen LogP contribution in [0.3, 0.4) is 0 Å². The number of carbonyl (C=O) groups is 1. The van der Waals surface area contributed by atoms with Gasteiger partial charge >= 0.3 is 0 Å². The van der Waals surface area contributed by atoms with Gasteiger partial charge in [-0.05, 0) is 32.6 Å². The lowest BCUT2D eigenvalue weighted by Crippen LogP contribution is -2.52. The zero-order valence-electron chi connectivity index (χ0n) is 14.5. The van der Waals surface area contributed by atoms with Crippen LogP contribution < -0.4 is 5.32 Å². The fraction of sp³-hybridized carbons (Fsp3) is 0.941. The fourth-order valence-corrected chi connectivity index (χ4v) is 4.06. The molecule has 3 fully saturated rings. The first-order valence-corrected chi connectivity index (χ1v) is 9.10. The van der Waals surface area contributed by atoms with Crippen molar-refractivity contribution in [2.75, 3.05) is 52.4 Å². The number of nitrogens with zero attached hydrogens (tertiary/aromatic N) is 2. The lowest BCUT2D eigenvalue weighted by Gasteiger charge is -2.40. The first kappa shape index (κ1) is 17.1. The van der Waals surface area contributed by atoms with Crippen LogP contribution in [0.25, 0.3) is 0 Å². The quantitative estimate of drug-likeness (QED) is 0.810. The van der Waals surface area contributed by atoms with Gasteiger partial charge in [0.2, 0.25) is 0 Å². The minimum atomic E-state index is -0.277. The molecule has 0 aromatic carbocycles. The van der Waals surface area contributed by atoms with E-state index in [1.165, 1.54) is 0 Å². The molecule has 6 heteroatoms. The van der Waals surface area contributed by atoms with Crippen molar-refractivity contribution in [2.45, 2.75) is 45.0 Å². The van der Waals surface area contributed by atoms with Crippen molar-refractivity contribution in [2.24, 2.45) is 5.92 Å². The molecule has 3 saturated heterocycles. The van der Waals surface area contributed by atoms with Crippen LogP contribution in [0.4, 0.5) is 0 Å². The molecule has 1 amide bonds. The minimum Gasteiger partial charge on any atom is -0.373 e. The third kappa shape index (κ3) is 4.66. The first-order valence-electron chi connectivity index (χ1n) is 9.10. The standard InChI is InChI=1S/C17H31N3O3/c1-13-10-19(11-14(2)23-13)12-15-3-6-20(7-4-15)17(21)16-9-18-5-8-22-16/h13-16,18H,3-12H2,1-2H3. The summed E-state index contributed by atoms with van der Waals surface area (Å²) in [6.45, 7) is 11.4. The summed E-state index contributed by atoms with van der Waals surface area (Å²) >= 11 is 0. The van der Waals surface area contributed by atoms with Gasteiger partial charge in [0.05, 0.1) is 18.8 Å². The number of nitrogens with one attached hydrogen (secondary N) is 1. The summed E-state index contributed by atoms with van der Waals surface area (Å²) in [6.07, 6.45) is 2.59. The molecular weight excluding hydrogens is 294 g/mol. The van der Waals surface area contributed by atoms with E-state index in [0.29, 0.717) is 31.3 Å². The lowest BCUT2D eigenvalue weighted by molar-refractivity contribution is -0.146. The van der Waals surface area contributed by atoms with Gasteiger partial charge in [0.1, 0.15) is 6.10 Å². The maximum absolute atomic E-state index is 12.5. The molecule has 0 spiro atoms. The molecule has 3 atom stereocenters. The summed E-state index contributed by atoms with van der Waals surface area (Å²) < 4.78 is 11.4. The number of piperidine rings is 1. The van der Waals surface area contributed by atoms with E-state index < -0.39 is 0 Å². The van der Waals surface area contributed by atoms with Crippen molar-refractivity contribution in [3.8, 4) is 0 Å². The molecule has 0 saturated carbocycles. The maximum Gasteiger partial charge on any atom is 0.253 e. The van der Waals surface area contributed by atoms with Gasteiger partial charge in [-0.25, -0.2) is 0 Å². The highest BCUT2D eigenvalue weighted by molar-refractivity contribution is 5.81. The molecule has 0 radical (unpaired) electrons. The normalized spacial score (nSPS) is 34.5. The van der Waals surface area contributed by atoms with E-state index >= 15 is 0 Å². The van der Waals surface area contributed by atoms with Crippen LogP contribution in [0.1, 0.15) is 26.7 Å². The van der Waals surface area contributed by atoms with Gasteiger partial charge in [-0.15, -0.1) is 0 Å². The van der Waals surface area contributed by atoms with Gasteiger partial charge < -0.3 is 19.7 Å². The smallest absolute Gasteiger partial charge is 0.253 e. The number of carbonyl (C=O) groups excluding carboxylic acids is 1. The van der Waals surface area contributed by atoms with Crippen LogP contribution in [0.15, 0.2) is 0 Å². The van der Waals surface area contributed by atoms with Crippen LogP contribution in [0.5, 0.6) is 0 Å². The average Bonchev–Trinajstić information content (AvgIpc) is 2.55. The van der Waals surface area contributed by atoms with Crippen molar-refractivity contribution in [1.29, 1.82) is 0 Å². The fourth-order valence-electron chi connectivity index (χ4n) is 4.06. The number of hydrogen-bond donors (Lipinski definition) is 1. The molecule has 3 aliphatic heterocycles. The maximum atomic E-state index is 12.5. The van der Waals surface area contributed by atoms with Crippen LogP contribution in [0.2, 0.25) is 0 Å². The van der Waals surface area contributed by atoms with Crippen molar-refractivity contribution in [1.82, 2.24) is 15.1 Å². The molecule has 1 N–H and O–H groups in total. The zero-order chi connectivity index (χ0) is 16.2. The molecule has 3 rings (SSSR count). The van der Waals surface area contributed by atoms with Crippen LogP contribution in [0, 0.1) is 5.92 Å². The van der Waals surface area contributed by atoms with E-state index in [1.807, 2.05) is 4.90 Å². The Morgan fingerprint density at radius 1 is 1.17 bits per heavy atom. The van der Waals surface area contributed by atoms with E-state index in [2.05, 4.69) is 24.1 Å². The summed E-state index contributed by atoms with van der Waals surface area (Å²) in [7, 11) is 0. The van der Waals surface area contributed by atoms with Crippen molar-refractivity contribution in [3.05, 3.63) is 0 Å². The summed E-state index contributed by atoms with van der Waals surface area (Å²) in [4.78, 5) is 17.0. The van der Waals surface area contributed by atoms with E-state index in [1.54, 1.807) is 0 Å². The third-order valence-corrected chi connectivity index (χ3v) is 5.14. The Labute approximate surface area is 139 Å². The Balaban J connectivity index is 1.42. The number of hydrogen-bond acceptors (Lipinski definition) is 5. The van der Waals surface area contributed by atoms with E-state index in [9.17, 15) is 4.79 Å². The molecule has 0 aliphatic carbocycles. The predicted octanol–water partition coefficient (Wildman–Crippen LogP) is 0.323. The zero-order valence-corrected chi connectivity index (χ0v) is 14.5. The molecule has 3 aliphatic rings. The summed E-state index contributed by atoms with van der Waals surface area (Å²) in [5, 5.41) is 3.24. The second-order valence-corrected chi connectivity index (χ2v) is 7.31. The minimum absolute atomic E-state index is 0.171. The van der Waals surface area contributed by atoms with Crippen LogP contribution in [-0.2, 0) is 14.3 Å². The van der Waals surface area contributed by atoms with Crippen molar-refractivity contribution >= 4 is 5.91 Å². The Morgan fingerprint density at radius 2 is 1.87 bits per heavy atom. The molecule has 3 heterocycles. The van der Waals surface area contributed by atoms with Gasteiger partial charge in [-0.1, -0.05) is 0 Å². The summed E-state index contributed by atoms with van der Waals surface area (Å²) in [5.41, 5.74) is 0. The topological polar surface area (TPSA) is 54.0 Å². The van der Waals surface area contributed by atoms with Crippen LogP contribution >= 0.6 is 0 Å². The first-order chi connectivity index (χ1) is 11.1. The van der Waals surface area contributed by atoms with Gasteiger partial charge in [-0.3, -0.25) is 9.69 Å². The Kier molecular flexibility index (Phi) is 5.91. The van der Waals surface area contributed by atoms with Gasteiger partial charge in [-0.2, -0.15) is 0 Å². The number of amides is 1. The molecule has 0 aromatic rings. The summed E-state index contributed by atoms with van der Waals surface area (Å²) in [6, 6.07) is 0. The molecule has 23 heavy (non-hydrogen) atoms. The van der Waals surface area contributed by atoms with Gasteiger partial charge in [0.25, 0.3) is 5.91 Å².